The summed E-state index contributed by atoms with van der Waals surface area (Å²) in [7, 11) is 0. The Hall–Kier alpha value is -3.81. The third-order valence-corrected chi connectivity index (χ3v) is 7.57. The molecule has 2 aromatic carbocycles. The monoisotopic (exact) mass is 520 g/mol. The van der Waals surface area contributed by atoms with Gasteiger partial charge in [0.05, 0.1) is 12.5 Å². The number of hydrogen-bond acceptors (Lipinski definition) is 4. The van der Waals surface area contributed by atoms with Gasteiger partial charge < -0.3 is 14.7 Å². The van der Waals surface area contributed by atoms with Crippen LogP contribution in [0.5, 0.6) is 5.88 Å². The largest absolute Gasteiger partial charge is 0.481 e. The summed E-state index contributed by atoms with van der Waals surface area (Å²) in [4.78, 5) is 31.2. The molecule has 8 rings (SSSR count). The number of carbonyl (C=O) groups excluding carboxylic acids is 1. The fraction of sp³-hybridized carbons (Fsp3) is 0.367. The lowest BCUT2D eigenvalue weighted by molar-refractivity contribution is -0.141. The summed E-state index contributed by atoms with van der Waals surface area (Å²) in [5.74, 6) is -4.08. The number of benzene rings is 2. The molecule has 0 radical (unpaired) electrons. The lowest BCUT2D eigenvalue weighted by Crippen LogP contribution is -2.37. The highest BCUT2D eigenvalue weighted by molar-refractivity contribution is 5.95. The average molecular weight is 521 g/mol. The number of nitrogens with zero attached hydrogens (tertiary/aromatic N) is 2. The smallest absolute Gasteiger partial charge is 0.307 e. The van der Waals surface area contributed by atoms with Crippen LogP contribution >= 0.6 is 0 Å². The minimum Gasteiger partial charge on any atom is -0.481 e. The molecule has 0 spiro atoms. The van der Waals surface area contributed by atoms with Gasteiger partial charge >= 0.3 is 5.97 Å². The van der Waals surface area contributed by atoms with Crippen molar-refractivity contribution in [3.8, 4) is 5.88 Å². The molecule has 6 heterocycles. The highest BCUT2D eigenvalue weighted by Crippen LogP contribution is 2.35. The highest BCUT2D eigenvalue weighted by atomic mass is 19.1. The zero-order valence-corrected chi connectivity index (χ0v) is 21.3. The molecule has 0 aliphatic carbocycles. The SMILES string of the molecule is C[C@@H](C(=O)O)[C@@H]1c2ccc(nc2)OCCCCCc2cc(F)c(c(F)c2)C(=O)N2CCc3ccc1cc3C2. The van der Waals surface area contributed by atoms with Crippen LogP contribution in [0.3, 0.4) is 0 Å². The van der Waals surface area contributed by atoms with Crippen LogP contribution in [0.1, 0.15) is 70.3 Å². The van der Waals surface area contributed by atoms with E-state index in [0.29, 0.717) is 37.4 Å². The fourth-order valence-corrected chi connectivity index (χ4v) is 5.43. The van der Waals surface area contributed by atoms with Crippen LogP contribution in [0.4, 0.5) is 8.78 Å². The molecule has 6 nitrogen and oxygen atoms in total. The maximum absolute atomic E-state index is 15.0. The Balaban J connectivity index is 1.55. The van der Waals surface area contributed by atoms with Gasteiger partial charge in [-0.1, -0.05) is 31.2 Å². The minimum atomic E-state index is -0.940. The van der Waals surface area contributed by atoms with Gasteiger partial charge in [-0.15, -0.1) is 0 Å². The molecule has 7 bridgehead atoms. The summed E-state index contributed by atoms with van der Waals surface area (Å²) in [6, 6.07) is 11.9. The Kier molecular flexibility index (Phi) is 7.40. The van der Waals surface area contributed by atoms with Crippen LogP contribution < -0.4 is 4.74 Å². The lowest BCUT2D eigenvalue weighted by Gasteiger charge is -2.31. The van der Waals surface area contributed by atoms with Gasteiger partial charge in [0.1, 0.15) is 17.2 Å². The summed E-state index contributed by atoms with van der Waals surface area (Å²) in [5.41, 5.74) is 3.36. The van der Waals surface area contributed by atoms with Gasteiger partial charge in [0.25, 0.3) is 5.91 Å². The van der Waals surface area contributed by atoms with Crippen molar-refractivity contribution in [2.24, 2.45) is 5.92 Å². The van der Waals surface area contributed by atoms with Crippen LogP contribution in [0.25, 0.3) is 0 Å². The highest BCUT2D eigenvalue weighted by Gasteiger charge is 2.30. The van der Waals surface area contributed by atoms with Crippen LogP contribution in [0.2, 0.25) is 0 Å². The van der Waals surface area contributed by atoms with E-state index in [1.165, 1.54) is 17.0 Å². The van der Waals surface area contributed by atoms with Crippen LogP contribution in [0, 0.1) is 17.6 Å². The first-order chi connectivity index (χ1) is 18.3. The topological polar surface area (TPSA) is 79.7 Å². The molecule has 3 aromatic rings. The van der Waals surface area contributed by atoms with E-state index < -0.39 is 40.9 Å². The fourth-order valence-electron chi connectivity index (χ4n) is 5.43. The maximum Gasteiger partial charge on any atom is 0.307 e. The first-order valence-electron chi connectivity index (χ1n) is 13.0. The average Bonchev–Trinajstić information content (AvgIpc) is 2.90. The van der Waals surface area contributed by atoms with E-state index >= 15 is 0 Å². The van der Waals surface area contributed by atoms with Crippen molar-refractivity contribution in [3.05, 3.63) is 93.7 Å². The normalized spacial score (nSPS) is 18.7. The number of aromatic nitrogens is 1. The maximum atomic E-state index is 15.0. The van der Waals surface area contributed by atoms with Crippen molar-refractivity contribution < 1.29 is 28.2 Å². The van der Waals surface area contributed by atoms with Crippen LogP contribution in [-0.4, -0.2) is 40.0 Å². The zero-order chi connectivity index (χ0) is 26.8. The second-order valence-corrected chi connectivity index (χ2v) is 10.1. The van der Waals surface area contributed by atoms with Gasteiger partial charge in [-0.3, -0.25) is 9.59 Å². The number of pyridine rings is 1. The van der Waals surface area contributed by atoms with E-state index in [9.17, 15) is 23.5 Å². The molecule has 2 atom stereocenters. The molecule has 0 saturated heterocycles. The number of carbonyl (C=O) groups is 2. The van der Waals surface area contributed by atoms with Gasteiger partial charge in [0.15, 0.2) is 0 Å². The molecular weight excluding hydrogens is 490 g/mol. The molecule has 0 saturated carbocycles. The number of halogens is 2. The molecular formula is C30H30F2N2O4. The van der Waals surface area contributed by atoms with Crippen molar-refractivity contribution in [1.29, 1.82) is 0 Å². The second kappa shape index (κ2) is 10.9. The van der Waals surface area contributed by atoms with E-state index in [0.717, 1.165) is 41.5 Å². The van der Waals surface area contributed by atoms with E-state index in [4.69, 9.17) is 4.74 Å². The number of rotatable bonds is 2. The standard InChI is InChI=1S/C30H30F2N2O4/c1-18(30(36)37)27-21-7-6-20-10-11-34(17-23(20)15-21)29(35)28-24(31)13-19(14-25(28)32)5-3-2-4-12-38-26-9-8-22(27)16-33-26/h6-9,13-16,18,27H,2-5,10-12,17H2,1H3,(H,36,37)/t18-,27+/m1/s1. The van der Waals surface area contributed by atoms with Crippen molar-refractivity contribution in [1.82, 2.24) is 9.88 Å². The Morgan fingerprint density at radius 1 is 1.03 bits per heavy atom. The summed E-state index contributed by atoms with van der Waals surface area (Å²) in [5, 5.41) is 9.86. The quantitative estimate of drug-likeness (QED) is 0.482. The number of aliphatic carboxylic acids is 1. The minimum absolute atomic E-state index is 0.182. The molecule has 0 unspecified atom stereocenters. The van der Waals surface area contributed by atoms with Crippen molar-refractivity contribution in [2.75, 3.05) is 13.2 Å². The number of hydrogen-bond donors (Lipinski definition) is 1. The van der Waals surface area contributed by atoms with Gasteiger partial charge in [-0.2, -0.15) is 0 Å². The van der Waals surface area contributed by atoms with Gasteiger partial charge in [-0.05, 0) is 72.1 Å². The number of carboxylic acid groups (broad SMARTS) is 1. The Morgan fingerprint density at radius 3 is 2.50 bits per heavy atom. The third-order valence-electron chi connectivity index (χ3n) is 7.57. The molecule has 198 valence electrons. The number of ether oxygens (including phenoxy) is 1. The number of amides is 1. The van der Waals surface area contributed by atoms with Gasteiger partial charge in [0.2, 0.25) is 5.88 Å². The summed E-state index contributed by atoms with van der Waals surface area (Å²) < 4.78 is 35.7. The van der Waals surface area contributed by atoms with E-state index in [2.05, 4.69) is 4.98 Å². The molecule has 1 aromatic heterocycles. The van der Waals surface area contributed by atoms with Crippen molar-refractivity contribution in [2.45, 2.75) is 51.5 Å². The molecule has 5 aliphatic rings. The van der Waals surface area contributed by atoms with E-state index in [1.807, 2.05) is 24.3 Å². The van der Waals surface area contributed by atoms with E-state index in [1.54, 1.807) is 19.2 Å². The predicted octanol–water partition coefficient (Wildman–Crippen LogP) is 5.52. The van der Waals surface area contributed by atoms with Crippen LogP contribution in [-0.2, 0) is 24.2 Å². The Bertz CT molecular complexity index is 1340. The summed E-state index contributed by atoms with van der Waals surface area (Å²) in [6.45, 7) is 2.62. The predicted molar refractivity (Wildman–Crippen MR) is 137 cm³/mol. The van der Waals surface area contributed by atoms with Crippen molar-refractivity contribution >= 4 is 11.9 Å². The Morgan fingerprint density at radius 2 is 1.79 bits per heavy atom. The second-order valence-electron chi connectivity index (χ2n) is 10.1. The summed E-state index contributed by atoms with van der Waals surface area (Å²) >= 11 is 0. The summed E-state index contributed by atoms with van der Waals surface area (Å²) in [6.07, 6.45) is 4.96. The van der Waals surface area contributed by atoms with E-state index in [-0.39, 0.29) is 6.54 Å². The first-order valence-corrected chi connectivity index (χ1v) is 13.0. The number of aryl methyl sites for hydroxylation is 1. The third kappa shape index (κ3) is 5.26. The molecule has 8 heteroatoms. The molecule has 5 aliphatic heterocycles. The molecule has 0 fully saturated rings. The van der Waals surface area contributed by atoms with Crippen molar-refractivity contribution in [3.63, 3.8) is 0 Å². The molecule has 38 heavy (non-hydrogen) atoms. The molecule has 1 N–H and O–H groups in total. The number of carboxylic acids is 1. The van der Waals surface area contributed by atoms with Gasteiger partial charge in [0, 0.05) is 31.3 Å². The van der Waals surface area contributed by atoms with Gasteiger partial charge in [-0.25, -0.2) is 13.8 Å². The lowest BCUT2D eigenvalue weighted by atomic mass is 9.80. The molecule has 1 amide bonds. The zero-order valence-electron chi connectivity index (χ0n) is 21.3. The van der Waals surface area contributed by atoms with Crippen LogP contribution in [0.15, 0.2) is 48.7 Å². The first kappa shape index (κ1) is 25.8. The Labute approximate surface area is 220 Å².